The zero-order chi connectivity index (χ0) is 26.2. The Bertz CT molecular complexity index is 1500. The van der Waals surface area contributed by atoms with Crippen molar-refractivity contribution >= 4 is 11.6 Å². The molecule has 2 atom stereocenters. The predicted molar refractivity (Wildman–Crippen MR) is 134 cm³/mol. The molecule has 0 saturated heterocycles. The van der Waals surface area contributed by atoms with Gasteiger partial charge in [-0.2, -0.15) is 10.4 Å². The number of hydrogen-bond acceptors (Lipinski definition) is 6. The average Bonchev–Trinajstić information content (AvgIpc) is 3.21. The lowest BCUT2D eigenvalue weighted by Crippen LogP contribution is -2.47. The molecule has 3 heterocycles. The summed E-state index contributed by atoms with van der Waals surface area (Å²) >= 11 is 0. The third kappa shape index (κ3) is 4.95. The summed E-state index contributed by atoms with van der Waals surface area (Å²) in [5.41, 5.74) is 3.21. The van der Waals surface area contributed by atoms with Crippen LogP contribution in [0.3, 0.4) is 0 Å². The van der Waals surface area contributed by atoms with Gasteiger partial charge in [0.25, 0.3) is 5.91 Å². The van der Waals surface area contributed by atoms with E-state index in [1.54, 1.807) is 74.7 Å². The molecule has 2 N–H and O–H groups in total. The van der Waals surface area contributed by atoms with E-state index < -0.39 is 23.7 Å². The fourth-order valence-corrected chi connectivity index (χ4v) is 3.73. The molecule has 4 rings (SSSR count). The number of aliphatic hydroxyl groups is 1. The maximum Gasteiger partial charge on any atom is 0.272 e. The van der Waals surface area contributed by atoms with Crippen LogP contribution in [0.1, 0.15) is 61.3 Å². The fraction of sp³-hybridized carbons (Fsp3) is 0.296. The monoisotopic (exact) mass is 486 g/mol. The summed E-state index contributed by atoms with van der Waals surface area (Å²) in [5, 5.41) is 26.9. The van der Waals surface area contributed by atoms with Crippen molar-refractivity contribution in [3.05, 3.63) is 71.2 Å². The highest BCUT2D eigenvalue weighted by Gasteiger charge is 2.26. The first kappa shape index (κ1) is 24.9. The van der Waals surface area contributed by atoms with Gasteiger partial charge in [0, 0.05) is 16.8 Å². The number of rotatable bonds is 6. The number of aryl methyl sites for hydroxylation is 1. The molecule has 184 valence electrons. The van der Waals surface area contributed by atoms with Gasteiger partial charge in [-0.25, -0.2) is 13.9 Å². The summed E-state index contributed by atoms with van der Waals surface area (Å²) in [5.74, 6) is -0.455. The van der Waals surface area contributed by atoms with Crippen LogP contribution >= 0.6 is 0 Å². The lowest BCUT2D eigenvalue weighted by Gasteiger charge is -2.26. The number of benzene rings is 1. The van der Waals surface area contributed by atoms with Crippen molar-refractivity contribution in [2.75, 3.05) is 0 Å². The average molecular weight is 487 g/mol. The minimum Gasteiger partial charge on any atom is -0.388 e. The molecule has 0 spiro atoms. The number of amides is 1. The van der Waals surface area contributed by atoms with Crippen LogP contribution in [-0.4, -0.2) is 42.2 Å². The van der Waals surface area contributed by atoms with Crippen LogP contribution in [0.25, 0.3) is 28.2 Å². The first-order valence-electron chi connectivity index (χ1n) is 11.5. The van der Waals surface area contributed by atoms with E-state index in [1.807, 2.05) is 6.07 Å². The second-order valence-corrected chi connectivity index (χ2v) is 9.38. The van der Waals surface area contributed by atoms with Gasteiger partial charge in [-0.3, -0.25) is 9.78 Å². The summed E-state index contributed by atoms with van der Waals surface area (Å²) < 4.78 is 15.8. The van der Waals surface area contributed by atoms with Gasteiger partial charge in [-0.05, 0) is 71.0 Å². The van der Waals surface area contributed by atoms with Gasteiger partial charge >= 0.3 is 0 Å². The molecule has 1 unspecified atom stereocenters. The van der Waals surface area contributed by atoms with Crippen LogP contribution in [0.5, 0.6) is 0 Å². The highest BCUT2D eigenvalue weighted by molar-refractivity contribution is 5.93. The summed E-state index contributed by atoms with van der Waals surface area (Å²) in [6.07, 6.45) is -1.29. The van der Waals surface area contributed by atoms with Gasteiger partial charge in [-0.15, -0.1) is 0 Å². The van der Waals surface area contributed by atoms with Gasteiger partial charge in [0.05, 0.1) is 34.7 Å². The molecule has 1 aromatic carbocycles. The van der Waals surface area contributed by atoms with Gasteiger partial charge in [0.1, 0.15) is 17.6 Å². The minimum atomic E-state index is -1.29. The zero-order valence-corrected chi connectivity index (χ0v) is 20.7. The molecule has 0 aliphatic heterocycles. The Balaban J connectivity index is 1.94. The van der Waals surface area contributed by atoms with Gasteiger partial charge in [-0.1, -0.05) is 12.1 Å². The summed E-state index contributed by atoms with van der Waals surface area (Å²) in [7, 11) is 0. The van der Waals surface area contributed by atoms with Gasteiger partial charge in [0.2, 0.25) is 0 Å². The van der Waals surface area contributed by atoms with E-state index in [9.17, 15) is 19.6 Å². The van der Waals surface area contributed by atoms with Crippen molar-refractivity contribution in [3.8, 4) is 28.6 Å². The Hall–Kier alpha value is -4.16. The quantitative estimate of drug-likeness (QED) is 0.413. The number of imidazole rings is 1. The summed E-state index contributed by atoms with van der Waals surface area (Å²) in [6.45, 7) is 8.12. The lowest BCUT2D eigenvalue weighted by atomic mass is 10.0. The predicted octanol–water partition coefficient (Wildman–Crippen LogP) is 4.56. The molecule has 4 aromatic rings. The van der Waals surface area contributed by atoms with Gasteiger partial charge in [0.15, 0.2) is 5.65 Å². The lowest BCUT2D eigenvalue weighted by molar-refractivity contribution is 0.0407. The largest absolute Gasteiger partial charge is 0.388 e. The van der Waals surface area contributed by atoms with Crippen molar-refractivity contribution < 1.29 is 14.3 Å². The molecule has 0 aliphatic rings. The number of fused-ring (bicyclic) bond motifs is 1. The number of nitrogens with one attached hydrogen (secondary N) is 1. The molecule has 1 amide bonds. The van der Waals surface area contributed by atoms with E-state index in [2.05, 4.69) is 21.5 Å². The van der Waals surface area contributed by atoms with Crippen LogP contribution in [0.4, 0.5) is 4.39 Å². The van der Waals surface area contributed by atoms with Crippen LogP contribution < -0.4 is 5.32 Å². The number of halogens is 1. The zero-order valence-electron chi connectivity index (χ0n) is 20.7. The first-order valence-corrected chi connectivity index (χ1v) is 11.5. The molecule has 9 heteroatoms. The van der Waals surface area contributed by atoms with Crippen LogP contribution in [0, 0.1) is 18.3 Å². The Kier molecular flexibility index (Phi) is 6.57. The second-order valence-electron chi connectivity index (χ2n) is 9.38. The molecule has 0 bridgehead atoms. The standard InChI is InChI=1S/C27H27FN6O2/c1-15-11-20(13-22(30-15)16(2)28)25-24(19-8-6-7-18(12-19)14-29)32-23-10-9-21(33-34(23)25)26(35)31-17(3)27(4,5)36/h6-13,16-17,36H,1-5H3,(H,31,35)/t16?,17-/m0/s1. The van der Waals surface area contributed by atoms with E-state index in [0.29, 0.717) is 39.4 Å². The van der Waals surface area contributed by atoms with Crippen molar-refractivity contribution in [2.24, 2.45) is 0 Å². The Morgan fingerprint density at radius 1 is 1.14 bits per heavy atom. The third-order valence-electron chi connectivity index (χ3n) is 6.04. The topological polar surface area (TPSA) is 116 Å². The van der Waals surface area contributed by atoms with E-state index in [0.717, 1.165) is 0 Å². The number of nitriles is 1. The summed E-state index contributed by atoms with van der Waals surface area (Å²) in [4.78, 5) is 22.0. The minimum absolute atomic E-state index is 0.124. The molecular formula is C27H27FN6O2. The van der Waals surface area contributed by atoms with Crippen LogP contribution in [-0.2, 0) is 0 Å². The number of aromatic nitrogens is 4. The molecule has 0 fully saturated rings. The van der Waals surface area contributed by atoms with E-state index >= 15 is 0 Å². The molecular weight excluding hydrogens is 459 g/mol. The molecule has 36 heavy (non-hydrogen) atoms. The van der Waals surface area contributed by atoms with Crippen molar-refractivity contribution in [1.29, 1.82) is 5.26 Å². The number of pyridine rings is 1. The number of carbonyl (C=O) groups excluding carboxylic acids is 1. The second kappa shape index (κ2) is 9.47. The maximum atomic E-state index is 14.2. The normalized spacial score (nSPS) is 13.3. The van der Waals surface area contributed by atoms with E-state index in [4.69, 9.17) is 4.98 Å². The van der Waals surface area contributed by atoms with Gasteiger partial charge < -0.3 is 10.4 Å². The highest BCUT2D eigenvalue weighted by Crippen LogP contribution is 2.34. The first-order chi connectivity index (χ1) is 17.0. The number of nitrogens with zero attached hydrogens (tertiary/aromatic N) is 5. The third-order valence-corrected chi connectivity index (χ3v) is 6.04. The van der Waals surface area contributed by atoms with Crippen molar-refractivity contribution in [2.45, 2.75) is 52.4 Å². The van der Waals surface area contributed by atoms with Crippen molar-refractivity contribution in [1.82, 2.24) is 24.9 Å². The fourth-order valence-electron chi connectivity index (χ4n) is 3.73. The Morgan fingerprint density at radius 2 is 1.89 bits per heavy atom. The smallest absolute Gasteiger partial charge is 0.272 e. The SMILES string of the molecule is Cc1cc(-c2c(-c3cccc(C#N)c3)nc3ccc(C(=O)N[C@@H](C)C(C)(C)O)nn23)cc(C(C)F)n1. The molecule has 3 aromatic heterocycles. The molecule has 0 aliphatic carbocycles. The molecule has 0 saturated carbocycles. The maximum absolute atomic E-state index is 14.2. The van der Waals surface area contributed by atoms with E-state index in [-0.39, 0.29) is 11.4 Å². The van der Waals surface area contributed by atoms with E-state index in [1.165, 1.54) is 6.92 Å². The number of carbonyl (C=O) groups is 1. The molecule has 8 nitrogen and oxygen atoms in total. The summed E-state index contributed by atoms with van der Waals surface area (Å²) in [6, 6.07) is 15.3. The highest BCUT2D eigenvalue weighted by atomic mass is 19.1. The Morgan fingerprint density at radius 3 is 2.56 bits per heavy atom. The molecule has 0 radical (unpaired) electrons. The number of hydrogen-bond donors (Lipinski definition) is 2. The Labute approximate surface area is 208 Å². The van der Waals surface area contributed by atoms with Crippen molar-refractivity contribution in [3.63, 3.8) is 0 Å². The van der Waals surface area contributed by atoms with Crippen LogP contribution in [0.2, 0.25) is 0 Å². The van der Waals surface area contributed by atoms with Crippen LogP contribution in [0.15, 0.2) is 48.5 Å². The number of alkyl halides is 1.